The SMILES string of the molecule is CCCc1c(CO)nnn1C1CC1. The third-order valence-corrected chi connectivity index (χ3v) is 2.40. The molecule has 0 amide bonds. The van der Waals surface area contributed by atoms with E-state index in [4.69, 9.17) is 5.11 Å². The maximum atomic E-state index is 9.04. The highest BCUT2D eigenvalue weighted by molar-refractivity contribution is 5.11. The summed E-state index contributed by atoms with van der Waals surface area (Å²) < 4.78 is 2.00. The summed E-state index contributed by atoms with van der Waals surface area (Å²) in [6, 6.07) is 0.564. The number of aromatic nitrogens is 3. The van der Waals surface area contributed by atoms with E-state index in [1.54, 1.807) is 0 Å². The Hall–Kier alpha value is -0.900. The Kier molecular flexibility index (Phi) is 2.31. The van der Waals surface area contributed by atoms with Crippen molar-refractivity contribution in [1.82, 2.24) is 15.0 Å². The molecule has 72 valence electrons. The van der Waals surface area contributed by atoms with Crippen molar-refractivity contribution in [2.24, 2.45) is 0 Å². The Labute approximate surface area is 77.6 Å². The van der Waals surface area contributed by atoms with E-state index >= 15 is 0 Å². The Morgan fingerprint density at radius 1 is 1.54 bits per heavy atom. The topological polar surface area (TPSA) is 50.9 Å². The van der Waals surface area contributed by atoms with Gasteiger partial charge in [0.05, 0.1) is 18.3 Å². The van der Waals surface area contributed by atoms with Crippen LogP contribution in [0.4, 0.5) is 0 Å². The first-order valence-corrected chi connectivity index (χ1v) is 4.90. The van der Waals surface area contributed by atoms with Crippen molar-refractivity contribution in [3.63, 3.8) is 0 Å². The fourth-order valence-electron chi connectivity index (χ4n) is 1.58. The molecule has 0 saturated heterocycles. The molecule has 1 saturated carbocycles. The van der Waals surface area contributed by atoms with E-state index < -0.39 is 0 Å². The minimum absolute atomic E-state index is 0.0159. The molecule has 4 heteroatoms. The summed E-state index contributed by atoms with van der Waals surface area (Å²) in [5, 5.41) is 17.1. The molecule has 1 heterocycles. The van der Waals surface area contributed by atoms with Crippen LogP contribution in [0.5, 0.6) is 0 Å². The van der Waals surface area contributed by atoms with Crippen LogP contribution in [0.3, 0.4) is 0 Å². The number of hydrogen-bond donors (Lipinski definition) is 1. The summed E-state index contributed by atoms with van der Waals surface area (Å²) in [5.74, 6) is 0. The minimum Gasteiger partial charge on any atom is -0.390 e. The van der Waals surface area contributed by atoms with Crippen LogP contribution in [0, 0.1) is 0 Å². The number of rotatable bonds is 4. The molecule has 1 aliphatic rings. The quantitative estimate of drug-likeness (QED) is 0.755. The maximum Gasteiger partial charge on any atom is 0.111 e. The van der Waals surface area contributed by atoms with E-state index in [1.807, 2.05) is 4.68 Å². The highest BCUT2D eigenvalue weighted by atomic mass is 16.3. The van der Waals surface area contributed by atoms with Crippen molar-refractivity contribution >= 4 is 0 Å². The zero-order chi connectivity index (χ0) is 9.26. The molecule has 0 unspecified atom stereocenters. The first kappa shape index (κ1) is 8.69. The maximum absolute atomic E-state index is 9.04. The van der Waals surface area contributed by atoms with Gasteiger partial charge in [-0.25, -0.2) is 4.68 Å². The van der Waals surface area contributed by atoms with E-state index in [1.165, 1.54) is 12.8 Å². The monoisotopic (exact) mass is 181 g/mol. The molecule has 1 aromatic heterocycles. The summed E-state index contributed by atoms with van der Waals surface area (Å²) in [5.41, 5.74) is 1.89. The summed E-state index contributed by atoms with van der Waals surface area (Å²) in [4.78, 5) is 0. The molecule has 1 N–H and O–H groups in total. The van der Waals surface area contributed by atoms with Crippen molar-refractivity contribution < 1.29 is 5.11 Å². The molecule has 0 aromatic carbocycles. The Morgan fingerprint density at radius 2 is 2.31 bits per heavy atom. The number of aliphatic hydroxyl groups is 1. The summed E-state index contributed by atoms with van der Waals surface area (Å²) >= 11 is 0. The molecule has 13 heavy (non-hydrogen) atoms. The molecule has 1 aliphatic carbocycles. The molecule has 2 rings (SSSR count). The summed E-state index contributed by atoms with van der Waals surface area (Å²) in [7, 11) is 0. The lowest BCUT2D eigenvalue weighted by atomic mass is 10.2. The molecule has 0 atom stereocenters. The average Bonchev–Trinajstić information content (AvgIpc) is 2.90. The van der Waals surface area contributed by atoms with Crippen LogP contribution in [0.25, 0.3) is 0 Å². The van der Waals surface area contributed by atoms with E-state index in [0.29, 0.717) is 6.04 Å². The first-order chi connectivity index (χ1) is 6.36. The van der Waals surface area contributed by atoms with Gasteiger partial charge in [-0.05, 0) is 19.3 Å². The van der Waals surface area contributed by atoms with Gasteiger partial charge in [0.25, 0.3) is 0 Å². The van der Waals surface area contributed by atoms with Crippen LogP contribution in [0.15, 0.2) is 0 Å². The smallest absolute Gasteiger partial charge is 0.111 e. The van der Waals surface area contributed by atoms with Gasteiger partial charge < -0.3 is 5.11 Å². The second-order valence-corrected chi connectivity index (χ2v) is 3.57. The largest absolute Gasteiger partial charge is 0.390 e. The second kappa shape index (κ2) is 3.46. The fourth-order valence-corrected chi connectivity index (χ4v) is 1.58. The lowest BCUT2D eigenvalue weighted by Crippen LogP contribution is -2.03. The Balaban J connectivity index is 2.26. The van der Waals surface area contributed by atoms with Crippen molar-refractivity contribution in [1.29, 1.82) is 0 Å². The zero-order valence-corrected chi connectivity index (χ0v) is 7.90. The molecular weight excluding hydrogens is 166 g/mol. The van der Waals surface area contributed by atoms with Crippen LogP contribution in [0.1, 0.15) is 43.6 Å². The van der Waals surface area contributed by atoms with Gasteiger partial charge in [0, 0.05) is 0 Å². The van der Waals surface area contributed by atoms with E-state index in [9.17, 15) is 0 Å². The van der Waals surface area contributed by atoms with Crippen molar-refractivity contribution in [2.45, 2.75) is 45.3 Å². The Morgan fingerprint density at radius 3 is 2.85 bits per heavy atom. The van der Waals surface area contributed by atoms with E-state index in [2.05, 4.69) is 17.2 Å². The van der Waals surface area contributed by atoms with Crippen molar-refractivity contribution in [2.75, 3.05) is 0 Å². The van der Waals surface area contributed by atoms with Crippen LogP contribution >= 0.6 is 0 Å². The van der Waals surface area contributed by atoms with Gasteiger partial charge in [0.2, 0.25) is 0 Å². The zero-order valence-electron chi connectivity index (χ0n) is 7.90. The van der Waals surface area contributed by atoms with Crippen LogP contribution in [0.2, 0.25) is 0 Å². The van der Waals surface area contributed by atoms with Crippen molar-refractivity contribution in [3.8, 4) is 0 Å². The Bertz CT molecular complexity index is 291. The number of nitrogens with zero attached hydrogens (tertiary/aromatic N) is 3. The highest BCUT2D eigenvalue weighted by Crippen LogP contribution is 2.35. The number of hydrogen-bond acceptors (Lipinski definition) is 3. The molecular formula is C9H15N3O. The van der Waals surface area contributed by atoms with Crippen molar-refractivity contribution in [3.05, 3.63) is 11.4 Å². The fraction of sp³-hybridized carbons (Fsp3) is 0.778. The third kappa shape index (κ3) is 1.58. The second-order valence-electron chi connectivity index (χ2n) is 3.57. The van der Waals surface area contributed by atoms with Crippen LogP contribution in [-0.2, 0) is 13.0 Å². The highest BCUT2D eigenvalue weighted by Gasteiger charge is 2.28. The molecule has 0 radical (unpaired) electrons. The van der Waals surface area contributed by atoms with Gasteiger partial charge in [-0.1, -0.05) is 18.6 Å². The van der Waals surface area contributed by atoms with Crippen LogP contribution in [-0.4, -0.2) is 20.1 Å². The van der Waals surface area contributed by atoms with E-state index in [0.717, 1.165) is 24.2 Å². The van der Waals surface area contributed by atoms with Gasteiger partial charge in [-0.15, -0.1) is 5.10 Å². The third-order valence-electron chi connectivity index (χ3n) is 2.40. The predicted octanol–water partition coefficient (Wildman–Crippen LogP) is 1.06. The predicted molar refractivity (Wildman–Crippen MR) is 48.2 cm³/mol. The lowest BCUT2D eigenvalue weighted by Gasteiger charge is -2.03. The van der Waals surface area contributed by atoms with Gasteiger partial charge in [0.1, 0.15) is 5.69 Å². The lowest BCUT2D eigenvalue weighted by molar-refractivity contribution is 0.275. The average molecular weight is 181 g/mol. The van der Waals surface area contributed by atoms with E-state index in [-0.39, 0.29) is 6.61 Å². The molecule has 1 aromatic rings. The number of aliphatic hydroxyl groups excluding tert-OH is 1. The molecule has 0 bridgehead atoms. The van der Waals surface area contributed by atoms with Gasteiger partial charge in [0.15, 0.2) is 0 Å². The molecule has 1 fully saturated rings. The van der Waals surface area contributed by atoms with Gasteiger partial charge in [-0.3, -0.25) is 0 Å². The molecule has 0 spiro atoms. The summed E-state index contributed by atoms with van der Waals surface area (Å²) in [6.07, 6.45) is 4.47. The summed E-state index contributed by atoms with van der Waals surface area (Å²) in [6.45, 7) is 2.15. The molecule has 4 nitrogen and oxygen atoms in total. The minimum atomic E-state index is 0.0159. The van der Waals surface area contributed by atoms with Crippen LogP contribution < -0.4 is 0 Å². The standard InChI is InChI=1S/C9H15N3O/c1-2-3-9-8(6-13)10-11-12(9)7-4-5-7/h7,13H,2-6H2,1H3. The van der Waals surface area contributed by atoms with Gasteiger partial charge >= 0.3 is 0 Å². The molecule has 0 aliphatic heterocycles. The first-order valence-electron chi connectivity index (χ1n) is 4.90. The normalized spacial score (nSPS) is 16.5. The van der Waals surface area contributed by atoms with Gasteiger partial charge in [-0.2, -0.15) is 0 Å².